The van der Waals surface area contributed by atoms with Crippen molar-refractivity contribution in [3.05, 3.63) is 12.7 Å². The first-order chi connectivity index (χ1) is 6.94. The van der Waals surface area contributed by atoms with Crippen LogP contribution >= 0.6 is 0 Å². The lowest BCUT2D eigenvalue weighted by molar-refractivity contribution is -0.164. The van der Waals surface area contributed by atoms with Crippen molar-refractivity contribution >= 4 is 5.78 Å². The summed E-state index contributed by atoms with van der Waals surface area (Å²) in [6, 6.07) is 0.359. The van der Waals surface area contributed by atoms with E-state index in [1.165, 1.54) is 12.8 Å². The summed E-state index contributed by atoms with van der Waals surface area (Å²) in [6.45, 7) is 12.3. The molecule has 0 spiro atoms. The van der Waals surface area contributed by atoms with E-state index in [-0.39, 0.29) is 10.8 Å². The molecule has 1 saturated heterocycles. The normalized spacial score (nSPS) is 40.2. The number of nitrogens with zero attached hydrogens (tertiary/aromatic N) is 1. The second-order valence-corrected chi connectivity index (χ2v) is 5.68. The molecule has 0 aromatic heterocycles. The Balaban J connectivity index is 2.27. The van der Waals surface area contributed by atoms with Crippen molar-refractivity contribution in [1.29, 1.82) is 0 Å². The molecule has 84 valence electrons. The first-order valence-corrected chi connectivity index (χ1v) is 5.87. The summed E-state index contributed by atoms with van der Waals surface area (Å²) in [5.41, 5.74) is -0.499. The number of Topliss-reactive ketones (excluding diaryl/α,β-unsaturated/α-hetero) is 1. The number of ketones is 1. The Labute approximate surface area is 92.3 Å². The van der Waals surface area contributed by atoms with Gasteiger partial charge in [-0.05, 0) is 32.9 Å². The maximum absolute atomic E-state index is 12.1. The molecule has 2 fully saturated rings. The Bertz CT molecular complexity index is 302. The Kier molecular flexibility index (Phi) is 2.30. The monoisotopic (exact) mass is 207 g/mol. The minimum Gasteiger partial charge on any atom is -0.298 e. The second-order valence-electron chi connectivity index (χ2n) is 5.68. The van der Waals surface area contributed by atoms with Crippen molar-refractivity contribution in [3.63, 3.8) is 0 Å². The van der Waals surface area contributed by atoms with Gasteiger partial charge in [0.2, 0.25) is 0 Å². The predicted molar refractivity (Wildman–Crippen MR) is 61.7 cm³/mol. The highest BCUT2D eigenvalue weighted by Gasteiger charge is 2.64. The van der Waals surface area contributed by atoms with E-state index in [0.29, 0.717) is 11.8 Å². The molecule has 1 aliphatic heterocycles. The van der Waals surface area contributed by atoms with Crippen molar-refractivity contribution < 1.29 is 4.79 Å². The average molecular weight is 207 g/mol. The van der Waals surface area contributed by atoms with E-state index in [1.807, 2.05) is 13.0 Å². The molecule has 1 aliphatic carbocycles. The van der Waals surface area contributed by atoms with Gasteiger partial charge in [-0.25, -0.2) is 0 Å². The Morgan fingerprint density at radius 2 is 1.87 bits per heavy atom. The molecule has 0 aromatic rings. The molecule has 2 heteroatoms. The Morgan fingerprint density at radius 1 is 1.33 bits per heavy atom. The Hall–Kier alpha value is -0.630. The van der Waals surface area contributed by atoms with Gasteiger partial charge in [0.1, 0.15) is 0 Å². The fraction of sp³-hybridized carbons (Fsp3) is 0.769. The van der Waals surface area contributed by atoms with Crippen LogP contribution in [0.3, 0.4) is 0 Å². The van der Waals surface area contributed by atoms with Crippen LogP contribution in [0.25, 0.3) is 0 Å². The number of likely N-dealkylation sites (tertiary alicyclic amines) is 1. The number of rotatable bonds is 2. The van der Waals surface area contributed by atoms with Gasteiger partial charge in [-0.2, -0.15) is 0 Å². The van der Waals surface area contributed by atoms with Crippen LogP contribution < -0.4 is 0 Å². The van der Waals surface area contributed by atoms with Gasteiger partial charge < -0.3 is 0 Å². The molecule has 0 N–H and O–H groups in total. The zero-order valence-corrected chi connectivity index (χ0v) is 10.0. The molecule has 1 saturated carbocycles. The summed E-state index contributed by atoms with van der Waals surface area (Å²) in [6.07, 6.45) is 4.39. The summed E-state index contributed by atoms with van der Waals surface area (Å²) in [4.78, 5) is 14.6. The highest BCUT2D eigenvalue weighted by molar-refractivity contribution is 5.99. The SMILES string of the molecule is C=CC1(C)C(=O)C(C)(C)C1N1CCCC1. The predicted octanol–water partition coefficient (Wildman–Crippen LogP) is 2.25. The number of carbonyl (C=O) groups is 1. The molecule has 0 bridgehead atoms. The molecular formula is C13H21NO. The first kappa shape index (κ1) is 10.9. The summed E-state index contributed by atoms with van der Waals surface area (Å²) in [5.74, 6) is 0.349. The van der Waals surface area contributed by atoms with Gasteiger partial charge in [0.05, 0.1) is 5.41 Å². The molecule has 2 nitrogen and oxygen atoms in total. The van der Waals surface area contributed by atoms with Gasteiger partial charge in [0.25, 0.3) is 0 Å². The largest absolute Gasteiger partial charge is 0.298 e. The highest BCUT2D eigenvalue weighted by Crippen LogP contribution is 2.54. The lowest BCUT2D eigenvalue weighted by Gasteiger charge is -2.59. The first-order valence-electron chi connectivity index (χ1n) is 5.87. The van der Waals surface area contributed by atoms with E-state index in [2.05, 4.69) is 25.3 Å². The maximum atomic E-state index is 12.1. The lowest BCUT2D eigenvalue weighted by atomic mass is 9.49. The van der Waals surface area contributed by atoms with E-state index in [0.717, 1.165) is 13.1 Å². The van der Waals surface area contributed by atoms with Gasteiger partial charge in [-0.15, -0.1) is 6.58 Å². The van der Waals surface area contributed by atoms with Gasteiger partial charge >= 0.3 is 0 Å². The molecule has 2 unspecified atom stereocenters. The molecular weight excluding hydrogens is 186 g/mol. The fourth-order valence-corrected chi connectivity index (χ4v) is 3.65. The lowest BCUT2D eigenvalue weighted by Crippen LogP contribution is -2.70. The quantitative estimate of drug-likeness (QED) is 0.647. The number of hydrogen-bond donors (Lipinski definition) is 0. The van der Waals surface area contributed by atoms with Gasteiger partial charge in [-0.1, -0.05) is 19.9 Å². The van der Waals surface area contributed by atoms with Crippen LogP contribution in [0.15, 0.2) is 12.7 Å². The molecule has 1 heterocycles. The van der Waals surface area contributed by atoms with Crippen LogP contribution in [0.4, 0.5) is 0 Å². The van der Waals surface area contributed by atoms with Crippen LogP contribution in [-0.2, 0) is 4.79 Å². The molecule has 2 rings (SSSR count). The summed E-state index contributed by atoms with van der Waals surface area (Å²) < 4.78 is 0. The van der Waals surface area contributed by atoms with Crippen molar-refractivity contribution in [2.75, 3.05) is 13.1 Å². The molecule has 0 amide bonds. The standard InChI is InChI=1S/C13H21NO/c1-5-13(4)10(12(2,3)11(13)15)14-8-6-7-9-14/h5,10H,1,6-9H2,2-4H3. The van der Waals surface area contributed by atoms with E-state index < -0.39 is 0 Å². The average Bonchev–Trinajstić information content (AvgIpc) is 2.69. The zero-order chi connectivity index (χ0) is 11.3. The number of hydrogen-bond acceptors (Lipinski definition) is 2. The van der Waals surface area contributed by atoms with Crippen molar-refractivity contribution in [2.45, 2.75) is 39.7 Å². The third-order valence-electron chi connectivity index (χ3n) is 4.26. The van der Waals surface area contributed by atoms with E-state index in [1.54, 1.807) is 0 Å². The summed E-state index contributed by atoms with van der Waals surface area (Å²) in [5, 5.41) is 0. The van der Waals surface area contributed by atoms with Crippen molar-refractivity contribution in [3.8, 4) is 0 Å². The van der Waals surface area contributed by atoms with E-state index in [9.17, 15) is 4.79 Å². The van der Waals surface area contributed by atoms with Gasteiger partial charge in [0, 0.05) is 11.5 Å². The molecule has 15 heavy (non-hydrogen) atoms. The Morgan fingerprint density at radius 3 is 2.33 bits per heavy atom. The van der Waals surface area contributed by atoms with Crippen LogP contribution in [0.1, 0.15) is 33.6 Å². The fourth-order valence-electron chi connectivity index (χ4n) is 3.65. The minimum absolute atomic E-state index is 0.187. The van der Waals surface area contributed by atoms with E-state index in [4.69, 9.17) is 0 Å². The van der Waals surface area contributed by atoms with Crippen LogP contribution in [0, 0.1) is 10.8 Å². The zero-order valence-electron chi connectivity index (χ0n) is 10.0. The minimum atomic E-state index is -0.312. The highest BCUT2D eigenvalue weighted by atomic mass is 16.1. The maximum Gasteiger partial charge on any atom is 0.151 e. The van der Waals surface area contributed by atoms with E-state index >= 15 is 0 Å². The van der Waals surface area contributed by atoms with Crippen LogP contribution in [0.2, 0.25) is 0 Å². The van der Waals surface area contributed by atoms with Crippen molar-refractivity contribution in [1.82, 2.24) is 4.90 Å². The third-order valence-corrected chi connectivity index (χ3v) is 4.26. The second kappa shape index (κ2) is 3.18. The third kappa shape index (κ3) is 1.24. The number of carbonyl (C=O) groups excluding carboxylic acids is 1. The smallest absolute Gasteiger partial charge is 0.151 e. The molecule has 0 aromatic carbocycles. The molecule has 0 radical (unpaired) electrons. The van der Waals surface area contributed by atoms with Crippen LogP contribution in [0.5, 0.6) is 0 Å². The van der Waals surface area contributed by atoms with Gasteiger partial charge in [-0.3, -0.25) is 9.69 Å². The summed E-state index contributed by atoms with van der Waals surface area (Å²) >= 11 is 0. The molecule has 2 aliphatic rings. The van der Waals surface area contributed by atoms with Crippen LogP contribution in [-0.4, -0.2) is 29.8 Å². The van der Waals surface area contributed by atoms with Gasteiger partial charge in [0.15, 0.2) is 5.78 Å². The summed E-state index contributed by atoms with van der Waals surface area (Å²) in [7, 11) is 0. The molecule has 2 atom stereocenters. The van der Waals surface area contributed by atoms with Crippen molar-refractivity contribution in [2.24, 2.45) is 10.8 Å². The topological polar surface area (TPSA) is 20.3 Å².